The summed E-state index contributed by atoms with van der Waals surface area (Å²) < 4.78 is 4.91. The number of aliphatic carboxylic acids is 1. The van der Waals surface area contributed by atoms with E-state index in [4.69, 9.17) is 4.74 Å². The Balaban J connectivity index is 1.90. The molecule has 142 valence electrons. The molecule has 1 aliphatic rings. The van der Waals surface area contributed by atoms with Crippen molar-refractivity contribution in [3.63, 3.8) is 0 Å². The predicted molar refractivity (Wildman–Crippen MR) is 103 cm³/mol. The number of ether oxygens (including phenoxy) is 1. The van der Waals surface area contributed by atoms with E-state index in [2.05, 4.69) is 5.32 Å². The van der Waals surface area contributed by atoms with E-state index < -0.39 is 23.8 Å². The van der Waals surface area contributed by atoms with Crippen LogP contribution in [0.15, 0.2) is 35.7 Å². The number of carbonyl (C=O) groups is 3. The van der Waals surface area contributed by atoms with Crippen LogP contribution >= 0.6 is 11.3 Å². The number of carboxylic acid groups (broad SMARTS) is 1. The number of nitrogens with one attached hydrogen (secondary N) is 1. The van der Waals surface area contributed by atoms with Crippen molar-refractivity contribution in [2.24, 2.45) is 11.8 Å². The summed E-state index contributed by atoms with van der Waals surface area (Å²) in [5.41, 5.74) is 1.82. The van der Waals surface area contributed by atoms with Crippen LogP contribution < -0.4 is 5.32 Å². The molecule has 0 unspecified atom stereocenters. The van der Waals surface area contributed by atoms with Crippen LogP contribution in [0.25, 0.3) is 11.1 Å². The van der Waals surface area contributed by atoms with Crippen LogP contribution in [0.1, 0.15) is 36.0 Å². The summed E-state index contributed by atoms with van der Waals surface area (Å²) in [5.74, 6) is -3.12. The van der Waals surface area contributed by atoms with Gasteiger partial charge in [0.15, 0.2) is 0 Å². The van der Waals surface area contributed by atoms with Crippen molar-refractivity contribution in [1.29, 1.82) is 0 Å². The first-order valence-corrected chi connectivity index (χ1v) is 9.69. The third-order valence-electron chi connectivity index (χ3n) is 4.92. The molecule has 2 atom stereocenters. The minimum Gasteiger partial charge on any atom is -0.481 e. The maximum absolute atomic E-state index is 12.8. The van der Waals surface area contributed by atoms with Crippen LogP contribution in [0, 0.1) is 11.8 Å². The van der Waals surface area contributed by atoms with E-state index in [1.54, 1.807) is 5.38 Å². The highest BCUT2D eigenvalue weighted by atomic mass is 32.1. The van der Waals surface area contributed by atoms with Gasteiger partial charge in [-0.05, 0) is 18.4 Å². The van der Waals surface area contributed by atoms with Crippen molar-refractivity contribution in [2.45, 2.75) is 25.7 Å². The summed E-state index contributed by atoms with van der Waals surface area (Å²) in [6.07, 6.45) is 2.67. The second-order valence-corrected chi connectivity index (χ2v) is 7.42. The molecule has 1 aliphatic carbocycles. The number of esters is 1. The number of anilines is 1. The van der Waals surface area contributed by atoms with E-state index in [-0.39, 0.29) is 5.91 Å². The molecule has 0 aliphatic heterocycles. The molecule has 1 fully saturated rings. The van der Waals surface area contributed by atoms with Gasteiger partial charge >= 0.3 is 11.9 Å². The smallest absolute Gasteiger partial charge is 0.341 e. The van der Waals surface area contributed by atoms with Crippen molar-refractivity contribution >= 4 is 34.2 Å². The quantitative estimate of drug-likeness (QED) is 0.756. The van der Waals surface area contributed by atoms with E-state index >= 15 is 0 Å². The summed E-state index contributed by atoms with van der Waals surface area (Å²) in [6, 6.07) is 9.37. The third kappa shape index (κ3) is 4.03. The first-order valence-electron chi connectivity index (χ1n) is 8.81. The van der Waals surface area contributed by atoms with Crippen molar-refractivity contribution in [1.82, 2.24) is 0 Å². The first kappa shape index (κ1) is 19.1. The normalized spacial score (nSPS) is 19.3. The lowest BCUT2D eigenvalue weighted by Gasteiger charge is -2.27. The summed E-state index contributed by atoms with van der Waals surface area (Å²) in [7, 11) is 1.29. The zero-order valence-electron chi connectivity index (χ0n) is 14.9. The molecular weight excluding hydrogens is 366 g/mol. The average molecular weight is 387 g/mol. The van der Waals surface area contributed by atoms with E-state index in [1.807, 2.05) is 30.3 Å². The molecule has 2 aromatic rings. The number of benzene rings is 1. The fourth-order valence-corrected chi connectivity index (χ4v) is 4.49. The van der Waals surface area contributed by atoms with Crippen LogP contribution in [0.5, 0.6) is 0 Å². The van der Waals surface area contributed by atoms with Gasteiger partial charge in [-0.2, -0.15) is 0 Å². The van der Waals surface area contributed by atoms with Crippen LogP contribution in [0.4, 0.5) is 5.00 Å². The molecule has 0 saturated heterocycles. The van der Waals surface area contributed by atoms with Gasteiger partial charge in [0.2, 0.25) is 5.91 Å². The van der Waals surface area contributed by atoms with Crippen LogP contribution in [-0.2, 0) is 14.3 Å². The first-order chi connectivity index (χ1) is 13.0. The fraction of sp³-hybridized carbons (Fsp3) is 0.350. The zero-order valence-corrected chi connectivity index (χ0v) is 15.8. The number of amides is 1. The van der Waals surface area contributed by atoms with Crippen LogP contribution in [0.2, 0.25) is 0 Å². The zero-order chi connectivity index (χ0) is 19.4. The highest BCUT2D eigenvalue weighted by molar-refractivity contribution is 7.15. The molecule has 0 radical (unpaired) electrons. The van der Waals surface area contributed by atoms with Gasteiger partial charge in [0, 0.05) is 10.9 Å². The Kier molecular flexibility index (Phi) is 5.91. The van der Waals surface area contributed by atoms with Crippen molar-refractivity contribution < 1.29 is 24.2 Å². The number of carboxylic acids is 1. The van der Waals surface area contributed by atoms with Gasteiger partial charge in [0.05, 0.1) is 18.9 Å². The van der Waals surface area contributed by atoms with Crippen molar-refractivity contribution in [3.8, 4) is 11.1 Å². The minimum absolute atomic E-state index is 0.296. The number of methoxy groups -OCH3 is 1. The Morgan fingerprint density at radius 2 is 1.78 bits per heavy atom. The molecule has 27 heavy (non-hydrogen) atoms. The molecule has 1 aromatic heterocycles. The maximum atomic E-state index is 12.8. The van der Waals surface area contributed by atoms with Crippen molar-refractivity contribution in [2.75, 3.05) is 12.4 Å². The Labute approximate surface area is 161 Å². The Morgan fingerprint density at radius 3 is 2.41 bits per heavy atom. The Bertz CT molecular complexity index is 845. The summed E-state index contributed by atoms with van der Waals surface area (Å²) in [5, 5.41) is 14.4. The molecule has 1 heterocycles. The number of carbonyl (C=O) groups excluding carboxylic acids is 2. The number of thiophene rings is 1. The highest BCUT2D eigenvalue weighted by Gasteiger charge is 2.36. The molecule has 3 rings (SSSR count). The third-order valence-corrected chi connectivity index (χ3v) is 5.82. The van der Waals surface area contributed by atoms with E-state index in [0.717, 1.165) is 18.4 Å². The highest BCUT2D eigenvalue weighted by Crippen LogP contribution is 2.38. The van der Waals surface area contributed by atoms with E-state index in [9.17, 15) is 19.5 Å². The second kappa shape index (κ2) is 8.35. The monoisotopic (exact) mass is 387 g/mol. The molecular formula is C20H21NO5S. The van der Waals surface area contributed by atoms with Gasteiger partial charge in [-0.3, -0.25) is 9.59 Å². The van der Waals surface area contributed by atoms with Gasteiger partial charge in [-0.25, -0.2) is 4.79 Å². The largest absolute Gasteiger partial charge is 0.481 e. The molecule has 2 N–H and O–H groups in total. The van der Waals surface area contributed by atoms with Gasteiger partial charge in [-0.1, -0.05) is 43.2 Å². The molecule has 1 aromatic carbocycles. The molecule has 1 saturated carbocycles. The van der Waals surface area contributed by atoms with Crippen LogP contribution in [-0.4, -0.2) is 30.1 Å². The Hall–Kier alpha value is -2.67. The van der Waals surface area contributed by atoms with Crippen molar-refractivity contribution in [3.05, 3.63) is 41.3 Å². The maximum Gasteiger partial charge on any atom is 0.341 e. The van der Waals surface area contributed by atoms with E-state index in [0.29, 0.717) is 29.0 Å². The molecule has 0 spiro atoms. The number of rotatable bonds is 5. The summed E-state index contributed by atoms with van der Waals surface area (Å²) in [4.78, 5) is 36.6. The molecule has 0 bridgehead atoms. The summed E-state index contributed by atoms with van der Waals surface area (Å²) >= 11 is 1.24. The molecule has 1 amide bonds. The summed E-state index contributed by atoms with van der Waals surface area (Å²) in [6.45, 7) is 0. The average Bonchev–Trinajstić information content (AvgIpc) is 3.11. The lowest BCUT2D eigenvalue weighted by Crippen LogP contribution is -2.36. The molecule has 6 nitrogen and oxygen atoms in total. The van der Waals surface area contributed by atoms with E-state index in [1.165, 1.54) is 18.4 Å². The fourth-order valence-electron chi connectivity index (χ4n) is 3.53. The van der Waals surface area contributed by atoms with Gasteiger partial charge in [0.1, 0.15) is 10.6 Å². The van der Waals surface area contributed by atoms with Gasteiger partial charge in [-0.15, -0.1) is 11.3 Å². The SMILES string of the molecule is COC(=O)c1c(-c2ccccc2)csc1NC(=O)[C@H]1CCCC[C@@H]1C(=O)O. The number of hydrogen-bond acceptors (Lipinski definition) is 5. The lowest BCUT2D eigenvalue weighted by molar-refractivity contribution is -0.147. The lowest BCUT2D eigenvalue weighted by atomic mass is 9.79. The van der Waals surface area contributed by atoms with Gasteiger partial charge in [0.25, 0.3) is 0 Å². The predicted octanol–water partition coefficient (Wildman–Crippen LogP) is 4.03. The standard InChI is InChI=1S/C20H21NO5S/c1-26-20(25)16-15(12-7-3-2-4-8-12)11-27-18(16)21-17(22)13-9-5-6-10-14(13)19(23)24/h2-4,7-8,11,13-14H,5-6,9-10H2,1H3,(H,21,22)(H,23,24)/t13-,14-/m0/s1. The number of hydrogen-bond donors (Lipinski definition) is 2. The van der Waals surface area contributed by atoms with Gasteiger partial charge < -0.3 is 15.2 Å². The molecule has 7 heteroatoms. The van der Waals surface area contributed by atoms with Crippen LogP contribution in [0.3, 0.4) is 0 Å². The Morgan fingerprint density at radius 1 is 1.11 bits per heavy atom. The second-order valence-electron chi connectivity index (χ2n) is 6.54. The minimum atomic E-state index is -0.945. The topological polar surface area (TPSA) is 92.7 Å².